The fourth-order valence-corrected chi connectivity index (χ4v) is 4.51. The summed E-state index contributed by atoms with van der Waals surface area (Å²) in [4.78, 5) is 20.6. The third kappa shape index (κ3) is 4.11. The first-order valence-corrected chi connectivity index (χ1v) is 10.5. The highest BCUT2D eigenvalue weighted by atomic mass is 16.2. The molecule has 0 saturated carbocycles. The smallest absolute Gasteiger partial charge is 0.254 e. The van der Waals surface area contributed by atoms with Gasteiger partial charge in [0.1, 0.15) is 0 Å². The van der Waals surface area contributed by atoms with Gasteiger partial charge in [0.05, 0.1) is 0 Å². The number of carbonyl (C=O) groups is 1. The van der Waals surface area contributed by atoms with Crippen molar-refractivity contribution in [2.24, 2.45) is 5.92 Å². The molecule has 2 aliphatic heterocycles. The highest BCUT2D eigenvalue weighted by Gasteiger charge is 2.30. The Morgan fingerprint density at radius 3 is 2.74 bits per heavy atom. The Labute approximate surface area is 162 Å². The van der Waals surface area contributed by atoms with E-state index in [1.54, 1.807) is 0 Å². The molecule has 0 unspecified atom stereocenters. The lowest BCUT2D eigenvalue weighted by Crippen LogP contribution is -2.38. The summed E-state index contributed by atoms with van der Waals surface area (Å²) < 4.78 is 0. The third-order valence-electron chi connectivity index (χ3n) is 6.19. The van der Waals surface area contributed by atoms with Crippen LogP contribution in [0.3, 0.4) is 0 Å². The number of amides is 1. The summed E-state index contributed by atoms with van der Waals surface area (Å²) in [5.74, 6) is 0.853. The molecule has 0 bridgehead atoms. The SMILES string of the molecule is CCCCc1[nH]ccc1CN1CCC(CN2Cc3ccccc3C2=O)CC1. The molecule has 1 aromatic carbocycles. The largest absolute Gasteiger partial charge is 0.365 e. The van der Waals surface area contributed by atoms with Crippen molar-refractivity contribution in [3.8, 4) is 0 Å². The second kappa shape index (κ2) is 8.30. The van der Waals surface area contributed by atoms with Crippen LogP contribution in [0, 0.1) is 5.92 Å². The number of hydrogen-bond donors (Lipinski definition) is 1. The van der Waals surface area contributed by atoms with Gasteiger partial charge in [0, 0.05) is 37.1 Å². The van der Waals surface area contributed by atoms with Gasteiger partial charge >= 0.3 is 0 Å². The van der Waals surface area contributed by atoms with Gasteiger partial charge in [-0.25, -0.2) is 0 Å². The molecule has 4 rings (SSSR count). The minimum absolute atomic E-state index is 0.223. The molecule has 1 aromatic heterocycles. The van der Waals surface area contributed by atoms with Crippen LogP contribution in [0.15, 0.2) is 36.5 Å². The number of rotatable bonds is 7. The summed E-state index contributed by atoms with van der Waals surface area (Å²) in [6.07, 6.45) is 8.12. The van der Waals surface area contributed by atoms with Crippen molar-refractivity contribution < 1.29 is 4.79 Å². The first-order chi connectivity index (χ1) is 13.2. The molecular weight excluding hydrogens is 334 g/mol. The van der Waals surface area contributed by atoms with E-state index in [1.165, 1.54) is 42.5 Å². The number of nitrogens with zero attached hydrogens (tertiary/aromatic N) is 2. The number of aryl methyl sites for hydroxylation is 1. The lowest BCUT2D eigenvalue weighted by molar-refractivity contribution is 0.0711. The van der Waals surface area contributed by atoms with Crippen LogP contribution in [0.4, 0.5) is 0 Å². The fraction of sp³-hybridized carbons (Fsp3) is 0.522. The maximum Gasteiger partial charge on any atom is 0.254 e. The van der Waals surface area contributed by atoms with Crippen molar-refractivity contribution in [1.82, 2.24) is 14.8 Å². The molecular formula is C23H31N3O. The molecule has 144 valence electrons. The Bertz CT molecular complexity index is 773. The zero-order valence-electron chi connectivity index (χ0n) is 16.4. The number of carbonyl (C=O) groups excluding carboxylic acids is 1. The van der Waals surface area contributed by atoms with Crippen LogP contribution in [-0.4, -0.2) is 40.3 Å². The van der Waals surface area contributed by atoms with E-state index in [4.69, 9.17) is 0 Å². The summed E-state index contributed by atoms with van der Waals surface area (Å²) in [5, 5.41) is 0. The van der Waals surface area contributed by atoms with E-state index < -0.39 is 0 Å². The molecule has 0 radical (unpaired) electrons. The van der Waals surface area contributed by atoms with Crippen molar-refractivity contribution in [2.45, 2.75) is 52.1 Å². The number of nitrogens with one attached hydrogen (secondary N) is 1. The Kier molecular flexibility index (Phi) is 5.63. The molecule has 1 amide bonds. The molecule has 4 heteroatoms. The van der Waals surface area contributed by atoms with Gasteiger partial charge in [-0.15, -0.1) is 0 Å². The van der Waals surface area contributed by atoms with Gasteiger partial charge in [-0.1, -0.05) is 31.5 Å². The van der Waals surface area contributed by atoms with Gasteiger partial charge in [0.2, 0.25) is 0 Å². The van der Waals surface area contributed by atoms with Crippen LogP contribution >= 0.6 is 0 Å². The highest BCUT2D eigenvalue weighted by molar-refractivity contribution is 5.98. The van der Waals surface area contributed by atoms with Gasteiger partial charge in [-0.3, -0.25) is 9.69 Å². The van der Waals surface area contributed by atoms with Crippen LogP contribution in [0.5, 0.6) is 0 Å². The van der Waals surface area contributed by atoms with E-state index in [-0.39, 0.29) is 5.91 Å². The maximum absolute atomic E-state index is 12.6. The first-order valence-electron chi connectivity index (χ1n) is 10.5. The van der Waals surface area contributed by atoms with E-state index in [1.807, 2.05) is 18.2 Å². The molecule has 2 aliphatic rings. The van der Waals surface area contributed by atoms with Crippen molar-refractivity contribution in [1.29, 1.82) is 0 Å². The lowest BCUT2D eigenvalue weighted by Gasteiger charge is -2.34. The molecule has 0 aliphatic carbocycles. The van der Waals surface area contributed by atoms with Crippen LogP contribution in [-0.2, 0) is 19.5 Å². The highest BCUT2D eigenvalue weighted by Crippen LogP contribution is 2.27. The van der Waals surface area contributed by atoms with Crippen LogP contribution in [0.25, 0.3) is 0 Å². The van der Waals surface area contributed by atoms with Crippen LogP contribution in [0.2, 0.25) is 0 Å². The molecule has 4 nitrogen and oxygen atoms in total. The summed E-state index contributed by atoms with van der Waals surface area (Å²) in [7, 11) is 0. The number of fused-ring (bicyclic) bond motifs is 1. The fourth-order valence-electron chi connectivity index (χ4n) is 4.51. The van der Waals surface area contributed by atoms with Crippen molar-refractivity contribution in [3.05, 3.63) is 58.9 Å². The number of benzene rings is 1. The minimum Gasteiger partial charge on any atom is -0.365 e. The topological polar surface area (TPSA) is 39.3 Å². The zero-order chi connectivity index (χ0) is 18.6. The Balaban J connectivity index is 1.26. The molecule has 1 N–H and O–H groups in total. The first kappa shape index (κ1) is 18.3. The quantitative estimate of drug-likeness (QED) is 0.798. The van der Waals surface area contributed by atoms with Gasteiger partial charge in [-0.2, -0.15) is 0 Å². The third-order valence-corrected chi connectivity index (χ3v) is 6.19. The average Bonchev–Trinajstić information content (AvgIpc) is 3.26. The van der Waals surface area contributed by atoms with Crippen molar-refractivity contribution in [2.75, 3.05) is 19.6 Å². The Hall–Kier alpha value is -2.07. The molecule has 2 aromatic rings. The number of H-pyrrole nitrogens is 1. The number of hydrogen-bond acceptors (Lipinski definition) is 2. The average molecular weight is 366 g/mol. The van der Waals surface area contributed by atoms with E-state index in [0.29, 0.717) is 5.92 Å². The van der Waals surface area contributed by atoms with Gasteiger partial charge in [-0.05, 0) is 68.0 Å². The molecule has 27 heavy (non-hydrogen) atoms. The number of aromatic amines is 1. The van der Waals surface area contributed by atoms with Crippen LogP contribution in [0.1, 0.15) is 59.8 Å². The van der Waals surface area contributed by atoms with Crippen molar-refractivity contribution in [3.63, 3.8) is 0 Å². The second-order valence-corrected chi connectivity index (χ2v) is 8.15. The van der Waals surface area contributed by atoms with Gasteiger partial charge < -0.3 is 9.88 Å². The number of aromatic nitrogens is 1. The van der Waals surface area contributed by atoms with E-state index in [0.717, 1.165) is 44.7 Å². The summed E-state index contributed by atoms with van der Waals surface area (Å²) in [6, 6.07) is 10.3. The van der Waals surface area contributed by atoms with Gasteiger partial charge in [0.15, 0.2) is 0 Å². The van der Waals surface area contributed by atoms with E-state index in [2.05, 4.69) is 40.0 Å². The second-order valence-electron chi connectivity index (χ2n) is 8.15. The number of unbranched alkanes of at least 4 members (excludes halogenated alkanes) is 1. The van der Waals surface area contributed by atoms with Crippen molar-refractivity contribution >= 4 is 5.91 Å². The predicted octanol–water partition coefficient (Wildman–Crippen LogP) is 4.23. The lowest BCUT2D eigenvalue weighted by atomic mass is 9.95. The Morgan fingerprint density at radius 2 is 1.96 bits per heavy atom. The summed E-state index contributed by atoms with van der Waals surface area (Å²) >= 11 is 0. The zero-order valence-corrected chi connectivity index (χ0v) is 16.4. The standard InChI is InChI=1S/C23H31N3O/c1-2-3-8-22-20(9-12-24-22)16-25-13-10-18(11-14-25)15-26-17-19-6-4-5-7-21(19)23(26)27/h4-7,9,12,18,24H,2-3,8,10-11,13-17H2,1H3. The number of likely N-dealkylation sites (tertiary alicyclic amines) is 1. The van der Waals surface area contributed by atoms with Crippen LogP contribution < -0.4 is 0 Å². The molecule has 1 saturated heterocycles. The van der Waals surface area contributed by atoms with E-state index >= 15 is 0 Å². The number of piperidine rings is 1. The predicted molar refractivity (Wildman–Crippen MR) is 109 cm³/mol. The Morgan fingerprint density at radius 1 is 1.15 bits per heavy atom. The molecule has 0 atom stereocenters. The molecule has 0 spiro atoms. The normalized spacial score (nSPS) is 18.3. The maximum atomic E-state index is 12.6. The van der Waals surface area contributed by atoms with E-state index in [9.17, 15) is 4.79 Å². The minimum atomic E-state index is 0.223. The van der Waals surface area contributed by atoms with Gasteiger partial charge in [0.25, 0.3) is 5.91 Å². The monoisotopic (exact) mass is 365 g/mol. The summed E-state index contributed by atoms with van der Waals surface area (Å²) in [5.41, 5.74) is 4.97. The molecule has 1 fully saturated rings. The summed E-state index contributed by atoms with van der Waals surface area (Å²) in [6.45, 7) is 7.28. The molecule has 3 heterocycles.